The smallest absolute Gasteiger partial charge is 0.169 e. The molecule has 220 valence electrons. The van der Waals surface area contributed by atoms with Crippen molar-refractivity contribution in [3.05, 3.63) is 173 Å². The van der Waals surface area contributed by atoms with Crippen molar-refractivity contribution in [1.82, 2.24) is 9.88 Å². The fourth-order valence-corrected chi connectivity index (χ4v) is 7.49. The second-order valence-corrected chi connectivity index (χ2v) is 12.7. The van der Waals surface area contributed by atoms with Gasteiger partial charge in [0.25, 0.3) is 0 Å². The van der Waals surface area contributed by atoms with E-state index in [0.29, 0.717) is 0 Å². The van der Waals surface area contributed by atoms with E-state index in [-0.39, 0.29) is 5.41 Å². The van der Waals surface area contributed by atoms with E-state index in [4.69, 9.17) is 9.98 Å². The van der Waals surface area contributed by atoms with E-state index < -0.39 is 6.17 Å². The maximum absolute atomic E-state index is 5.16. The van der Waals surface area contributed by atoms with Crippen molar-refractivity contribution < 1.29 is 0 Å². The van der Waals surface area contributed by atoms with Gasteiger partial charge in [0.05, 0.1) is 11.0 Å². The Morgan fingerprint density at radius 1 is 0.587 bits per heavy atom. The van der Waals surface area contributed by atoms with E-state index in [9.17, 15) is 0 Å². The molecule has 1 aliphatic carbocycles. The number of nitrogens with one attached hydrogen (secondary N) is 1. The number of amidine groups is 2. The van der Waals surface area contributed by atoms with Crippen LogP contribution in [-0.4, -0.2) is 16.2 Å². The van der Waals surface area contributed by atoms with Crippen molar-refractivity contribution in [2.24, 2.45) is 9.98 Å². The Hall–Kier alpha value is -5.74. The average Bonchev–Trinajstić information content (AvgIpc) is 3.57. The number of hydrogen-bond donors (Lipinski definition) is 1. The highest BCUT2D eigenvalue weighted by molar-refractivity contribution is 6.16. The summed E-state index contributed by atoms with van der Waals surface area (Å²) in [5.74, 6) is 1.64. The average molecular weight is 593 g/mol. The Kier molecular flexibility index (Phi) is 5.88. The molecule has 0 fully saturated rings. The summed E-state index contributed by atoms with van der Waals surface area (Å²) in [5, 5.41) is 6.05. The molecule has 4 heteroatoms. The zero-order valence-corrected chi connectivity index (χ0v) is 25.8. The Morgan fingerprint density at radius 2 is 1.24 bits per heavy atom. The van der Waals surface area contributed by atoms with Gasteiger partial charge in [0.1, 0.15) is 11.7 Å². The van der Waals surface area contributed by atoms with Gasteiger partial charge in [-0.05, 0) is 40.5 Å². The number of para-hydroxylation sites is 1. The Labute approximate surface area is 268 Å². The van der Waals surface area contributed by atoms with Crippen molar-refractivity contribution in [2.75, 3.05) is 0 Å². The molecular formula is C42H32N4. The zero-order valence-electron chi connectivity index (χ0n) is 25.8. The maximum Gasteiger partial charge on any atom is 0.169 e. The lowest BCUT2D eigenvalue weighted by Crippen LogP contribution is -2.36. The highest BCUT2D eigenvalue weighted by Gasteiger charge is 2.38. The van der Waals surface area contributed by atoms with Crippen LogP contribution in [0.4, 0.5) is 0 Å². The molecule has 6 aromatic carbocycles. The fourth-order valence-electron chi connectivity index (χ4n) is 7.49. The molecule has 4 nitrogen and oxygen atoms in total. The van der Waals surface area contributed by atoms with Gasteiger partial charge in [-0.2, -0.15) is 0 Å². The molecule has 0 spiro atoms. The van der Waals surface area contributed by atoms with Crippen LogP contribution >= 0.6 is 0 Å². The lowest BCUT2D eigenvalue weighted by Gasteiger charge is -2.24. The number of nitrogens with zero attached hydrogens (tertiary/aromatic N) is 3. The zero-order chi connectivity index (χ0) is 30.8. The first-order valence-electron chi connectivity index (χ1n) is 15.9. The molecule has 0 unspecified atom stereocenters. The van der Waals surface area contributed by atoms with Crippen LogP contribution in [0.1, 0.15) is 47.8 Å². The molecule has 0 bridgehead atoms. The van der Waals surface area contributed by atoms with E-state index in [1.54, 1.807) is 0 Å². The van der Waals surface area contributed by atoms with E-state index in [2.05, 4.69) is 133 Å². The predicted molar refractivity (Wildman–Crippen MR) is 190 cm³/mol. The summed E-state index contributed by atoms with van der Waals surface area (Å²) in [6.45, 7) is 4.73. The van der Waals surface area contributed by atoms with Gasteiger partial charge in [0, 0.05) is 38.6 Å². The van der Waals surface area contributed by atoms with Crippen molar-refractivity contribution >= 4 is 33.5 Å². The van der Waals surface area contributed by atoms with Crippen molar-refractivity contribution in [3.8, 4) is 16.8 Å². The van der Waals surface area contributed by atoms with Crippen LogP contribution in [0.2, 0.25) is 0 Å². The topological polar surface area (TPSA) is 41.7 Å². The predicted octanol–water partition coefficient (Wildman–Crippen LogP) is 9.59. The van der Waals surface area contributed by atoms with Crippen LogP contribution in [0.25, 0.3) is 38.6 Å². The third kappa shape index (κ3) is 4.00. The number of fused-ring (bicyclic) bond motifs is 7. The lowest BCUT2D eigenvalue weighted by molar-refractivity contribution is 0.664. The Bertz CT molecular complexity index is 2310. The van der Waals surface area contributed by atoms with Crippen molar-refractivity contribution in [3.63, 3.8) is 0 Å². The van der Waals surface area contributed by atoms with Crippen LogP contribution in [-0.2, 0) is 5.41 Å². The molecule has 1 N–H and O–H groups in total. The summed E-state index contributed by atoms with van der Waals surface area (Å²) < 4.78 is 2.46. The maximum atomic E-state index is 5.16. The van der Waals surface area contributed by atoms with Crippen LogP contribution < -0.4 is 5.32 Å². The minimum atomic E-state index is -0.397. The lowest BCUT2D eigenvalue weighted by atomic mass is 9.81. The number of aromatic nitrogens is 1. The molecule has 9 rings (SSSR count). The van der Waals surface area contributed by atoms with Crippen molar-refractivity contribution in [2.45, 2.75) is 25.4 Å². The standard InChI is InChI=1S/C42H32N4/c1-42(2)35-22-11-9-20-31(35)33-24-25-34-32-21-10-12-23-36(32)46(38(34)37(33)42)30-19-13-18-29(26-30)41-44-39(27-14-5-3-6-15-27)43-40(45-41)28-16-7-4-8-17-28/h3-26,41H,1-2H3,(H,43,44,45). The molecule has 2 heterocycles. The molecule has 1 aromatic heterocycles. The largest absolute Gasteiger partial charge is 0.324 e. The number of aliphatic imine (C=N–C) groups is 2. The minimum Gasteiger partial charge on any atom is -0.324 e. The SMILES string of the molecule is CC1(C)c2ccccc2-c2ccc3c4ccccc4n(-c4cccc(C5N=C(c6ccccc6)NC(c6ccccc6)=N5)c4)c3c21. The molecular weight excluding hydrogens is 560 g/mol. The van der Waals surface area contributed by atoms with Crippen LogP contribution in [0.5, 0.6) is 0 Å². The van der Waals surface area contributed by atoms with Crippen LogP contribution in [0.15, 0.2) is 156 Å². The second-order valence-electron chi connectivity index (χ2n) is 12.7. The van der Waals surface area contributed by atoms with Crippen molar-refractivity contribution in [1.29, 1.82) is 0 Å². The van der Waals surface area contributed by atoms with Crippen LogP contribution in [0, 0.1) is 0 Å². The van der Waals surface area contributed by atoms with E-state index in [1.807, 2.05) is 36.4 Å². The summed E-state index contributed by atoms with van der Waals surface area (Å²) >= 11 is 0. The monoisotopic (exact) mass is 592 g/mol. The Morgan fingerprint density at radius 3 is 1.98 bits per heavy atom. The molecule has 46 heavy (non-hydrogen) atoms. The molecule has 0 saturated carbocycles. The highest BCUT2D eigenvalue weighted by Crippen LogP contribution is 2.52. The first-order valence-corrected chi connectivity index (χ1v) is 15.9. The third-order valence-corrected chi connectivity index (χ3v) is 9.61. The number of rotatable bonds is 4. The minimum absolute atomic E-state index is 0.145. The molecule has 0 radical (unpaired) electrons. The summed E-state index contributed by atoms with van der Waals surface area (Å²) in [4.78, 5) is 10.3. The molecule has 2 aliphatic rings. The van der Waals surface area contributed by atoms with E-state index in [0.717, 1.165) is 34.0 Å². The quantitative estimate of drug-likeness (QED) is 0.217. The third-order valence-electron chi connectivity index (χ3n) is 9.61. The molecule has 0 saturated heterocycles. The van der Waals surface area contributed by atoms with Crippen LogP contribution in [0.3, 0.4) is 0 Å². The van der Waals surface area contributed by atoms with E-state index >= 15 is 0 Å². The first kappa shape index (κ1) is 26.6. The molecule has 0 atom stereocenters. The van der Waals surface area contributed by atoms with Gasteiger partial charge >= 0.3 is 0 Å². The molecule has 1 aliphatic heterocycles. The highest BCUT2D eigenvalue weighted by atomic mass is 15.2. The van der Waals surface area contributed by atoms with Gasteiger partial charge in [-0.1, -0.05) is 141 Å². The first-order chi connectivity index (χ1) is 22.6. The summed E-state index contributed by atoms with van der Waals surface area (Å²) in [6.07, 6.45) is -0.397. The number of hydrogen-bond acceptors (Lipinski definition) is 3. The van der Waals surface area contributed by atoms with Gasteiger partial charge in [-0.15, -0.1) is 0 Å². The molecule has 0 amide bonds. The number of benzene rings is 6. The summed E-state index contributed by atoms with van der Waals surface area (Å²) in [7, 11) is 0. The van der Waals surface area contributed by atoms with Gasteiger partial charge in [-0.3, -0.25) is 0 Å². The fraction of sp³-hybridized carbons (Fsp3) is 0.0952. The van der Waals surface area contributed by atoms with Gasteiger partial charge in [-0.25, -0.2) is 9.98 Å². The molecule has 7 aromatic rings. The normalized spacial score (nSPS) is 15.3. The Balaban J connectivity index is 1.26. The van der Waals surface area contributed by atoms with Gasteiger partial charge in [0.15, 0.2) is 6.17 Å². The second kappa shape index (κ2) is 10.1. The van der Waals surface area contributed by atoms with Gasteiger partial charge < -0.3 is 9.88 Å². The van der Waals surface area contributed by atoms with E-state index in [1.165, 1.54) is 44.1 Å². The van der Waals surface area contributed by atoms with Gasteiger partial charge in [0.2, 0.25) is 0 Å². The summed E-state index contributed by atoms with van der Waals surface area (Å²) in [6, 6.07) is 51.7. The summed E-state index contributed by atoms with van der Waals surface area (Å²) in [5.41, 5.74) is 11.9.